The lowest BCUT2D eigenvalue weighted by molar-refractivity contribution is -0.258. The van der Waals surface area contributed by atoms with Crippen LogP contribution in [0.4, 0.5) is 18.9 Å². The number of piperazine rings is 1. The second-order valence-electron chi connectivity index (χ2n) is 10.1. The Labute approximate surface area is 225 Å². The number of hydrogen-bond donors (Lipinski definition) is 1. The molecule has 0 spiro atoms. The normalized spacial score (nSPS) is 21.9. The van der Waals surface area contributed by atoms with Gasteiger partial charge in [0.2, 0.25) is 10.0 Å². The molecule has 0 amide bonds. The second-order valence-corrected chi connectivity index (χ2v) is 15.2. The summed E-state index contributed by atoms with van der Waals surface area (Å²) >= 11 is 1.10. The Morgan fingerprint density at radius 1 is 1.05 bits per heavy atom. The van der Waals surface area contributed by atoms with Crippen LogP contribution in [-0.4, -0.2) is 81.8 Å². The fraction of sp³-hybridized carbons (Fsp3) is 0.583. The van der Waals surface area contributed by atoms with Crippen molar-refractivity contribution in [3.05, 3.63) is 47.3 Å². The van der Waals surface area contributed by atoms with Gasteiger partial charge in [0.05, 0.1) is 12.3 Å². The molecule has 4 rings (SSSR count). The van der Waals surface area contributed by atoms with Gasteiger partial charge in [-0.15, -0.1) is 11.3 Å². The zero-order chi connectivity index (χ0) is 27.9. The molecule has 1 saturated heterocycles. The van der Waals surface area contributed by atoms with Crippen LogP contribution in [0.15, 0.2) is 46.0 Å². The maximum absolute atomic E-state index is 13.3. The molecule has 0 unspecified atom stereocenters. The zero-order valence-electron chi connectivity index (χ0n) is 21.1. The molecule has 1 N–H and O–H groups in total. The molecule has 2 heterocycles. The van der Waals surface area contributed by atoms with Gasteiger partial charge >= 0.3 is 6.18 Å². The van der Waals surface area contributed by atoms with Crippen molar-refractivity contribution in [3.63, 3.8) is 0 Å². The highest BCUT2D eigenvalue weighted by Gasteiger charge is 2.51. The first-order valence-corrected chi connectivity index (χ1v) is 16.4. The van der Waals surface area contributed by atoms with Gasteiger partial charge in [-0.1, -0.05) is 24.6 Å². The maximum atomic E-state index is 13.3. The molecule has 2 fully saturated rings. The monoisotopic (exact) mass is 595 g/mol. The van der Waals surface area contributed by atoms with Crippen molar-refractivity contribution in [2.24, 2.45) is 5.92 Å². The smallest absolute Gasteiger partial charge is 0.376 e. The first-order valence-electron chi connectivity index (χ1n) is 12.3. The standard InChI is InChI=1S/C24H32F3N3O5S3/c1-23(31,24(25,26)27)19-8-10-20(11-9-19)30-13-12-28(38(34,35)22-7-4-14-36-22)16-21(30)17-29(37(2,32)33)15-18-5-3-6-18/h4,7-11,14,18,21,31H,3,5-6,12-13,15-17H2,1-2H3/t21-,23+/m1/s1. The van der Waals surface area contributed by atoms with Crippen molar-refractivity contribution in [2.45, 2.75) is 48.2 Å². The summed E-state index contributed by atoms with van der Waals surface area (Å²) in [5, 5.41) is 11.7. The van der Waals surface area contributed by atoms with Crippen molar-refractivity contribution in [3.8, 4) is 0 Å². The van der Waals surface area contributed by atoms with Crippen LogP contribution < -0.4 is 4.90 Å². The lowest BCUT2D eigenvalue weighted by atomic mass is 9.85. The molecule has 38 heavy (non-hydrogen) atoms. The Bertz CT molecular complexity index is 1310. The van der Waals surface area contributed by atoms with Crippen LogP contribution in [0.3, 0.4) is 0 Å². The minimum absolute atomic E-state index is 0.0128. The number of sulfonamides is 2. The Morgan fingerprint density at radius 2 is 1.71 bits per heavy atom. The molecule has 1 aliphatic carbocycles. The van der Waals surface area contributed by atoms with E-state index in [4.69, 9.17) is 0 Å². The molecule has 1 saturated carbocycles. The van der Waals surface area contributed by atoms with E-state index < -0.39 is 37.9 Å². The Hall–Kier alpha value is -1.71. The molecular formula is C24H32F3N3O5S3. The summed E-state index contributed by atoms with van der Waals surface area (Å²) in [4.78, 5) is 1.84. The molecular weight excluding hydrogens is 563 g/mol. The van der Waals surface area contributed by atoms with Crippen molar-refractivity contribution >= 4 is 37.1 Å². The van der Waals surface area contributed by atoms with E-state index in [1.807, 2.05) is 4.90 Å². The second kappa shape index (κ2) is 10.7. The summed E-state index contributed by atoms with van der Waals surface area (Å²) in [5.74, 6) is 0.247. The number of hydrogen-bond acceptors (Lipinski definition) is 7. The van der Waals surface area contributed by atoms with Gasteiger partial charge in [0.25, 0.3) is 10.0 Å². The fourth-order valence-electron chi connectivity index (χ4n) is 4.76. The summed E-state index contributed by atoms with van der Waals surface area (Å²) in [7, 11) is -7.39. The third-order valence-electron chi connectivity index (χ3n) is 7.42. The van der Waals surface area contributed by atoms with E-state index in [-0.39, 0.29) is 41.9 Å². The summed E-state index contributed by atoms with van der Waals surface area (Å²) in [6.07, 6.45) is -0.832. The van der Waals surface area contributed by atoms with Gasteiger partial charge in [0, 0.05) is 38.4 Å². The van der Waals surface area contributed by atoms with Gasteiger partial charge in [0.15, 0.2) is 5.60 Å². The van der Waals surface area contributed by atoms with Crippen LogP contribution in [-0.2, 0) is 25.6 Å². The van der Waals surface area contributed by atoms with Crippen molar-refractivity contribution in [1.29, 1.82) is 0 Å². The van der Waals surface area contributed by atoms with Gasteiger partial charge in [0.1, 0.15) is 4.21 Å². The SMILES string of the molecule is C[C@](O)(c1ccc(N2CCN(S(=O)(=O)c3cccs3)C[C@@H]2CN(CC2CCC2)S(C)(=O)=O)cc1)C(F)(F)F. The van der Waals surface area contributed by atoms with Crippen LogP contribution in [0, 0.1) is 5.92 Å². The number of alkyl halides is 3. The zero-order valence-corrected chi connectivity index (χ0v) is 23.6. The lowest BCUT2D eigenvalue weighted by Gasteiger charge is -2.44. The molecule has 2 aromatic rings. The number of anilines is 1. The first-order chi connectivity index (χ1) is 17.6. The summed E-state index contributed by atoms with van der Waals surface area (Å²) in [6.45, 7) is 1.41. The number of thiophene rings is 1. The minimum Gasteiger partial charge on any atom is -0.376 e. The minimum atomic E-state index is -4.86. The Balaban J connectivity index is 1.64. The summed E-state index contributed by atoms with van der Waals surface area (Å²) in [6, 6.07) is 7.86. The topological polar surface area (TPSA) is 98.2 Å². The molecule has 2 atom stereocenters. The van der Waals surface area contributed by atoms with E-state index in [1.54, 1.807) is 11.4 Å². The van der Waals surface area contributed by atoms with E-state index in [2.05, 4.69) is 0 Å². The summed E-state index contributed by atoms with van der Waals surface area (Å²) < 4.78 is 94.7. The fourth-order valence-corrected chi connectivity index (χ4v) is 8.30. The van der Waals surface area contributed by atoms with E-state index in [0.29, 0.717) is 19.2 Å². The van der Waals surface area contributed by atoms with Gasteiger partial charge in [-0.25, -0.2) is 16.8 Å². The predicted octanol–water partition coefficient (Wildman–Crippen LogP) is 3.46. The van der Waals surface area contributed by atoms with Gasteiger partial charge in [-0.3, -0.25) is 0 Å². The van der Waals surface area contributed by atoms with E-state index in [1.165, 1.54) is 38.9 Å². The molecule has 0 bridgehead atoms. The van der Waals surface area contributed by atoms with Crippen molar-refractivity contribution in [1.82, 2.24) is 8.61 Å². The van der Waals surface area contributed by atoms with Gasteiger partial charge in [-0.2, -0.15) is 21.8 Å². The third-order valence-corrected chi connectivity index (χ3v) is 11.9. The maximum Gasteiger partial charge on any atom is 0.421 e. The Kier molecular flexibility index (Phi) is 8.24. The molecule has 2 aliphatic rings. The van der Waals surface area contributed by atoms with Crippen LogP contribution in [0.1, 0.15) is 31.7 Å². The number of halogens is 3. The highest BCUT2D eigenvalue weighted by atomic mass is 32.2. The lowest BCUT2D eigenvalue weighted by Crippen LogP contribution is -2.59. The average Bonchev–Trinajstić information content (AvgIpc) is 3.35. The molecule has 8 nitrogen and oxygen atoms in total. The van der Waals surface area contributed by atoms with Crippen LogP contribution in [0.5, 0.6) is 0 Å². The van der Waals surface area contributed by atoms with Crippen LogP contribution in [0.2, 0.25) is 0 Å². The van der Waals surface area contributed by atoms with E-state index in [9.17, 15) is 35.1 Å². The van der Waals surface area contributed by atoms with Crippen molar-refractivity contribution < 1.29 is 35.1 Å². The highest BCUT2D eigenvalue weighted by molar-refractivity contribution is 7.91. The molecule has 0 radical (unpaired) electrons. The van der Waals surface area contributed by atoms with Crippen LogP contribution >= 0.6 is 11.3 Å². The number of aliphatic hydroxyl groups is 1. The molecule has 14 heteroatoms. The first kappa shape index (κ1) is 29.3. The predicted molar refractivity (Wildman–Crippen MR) is 140 cm³/mol. The number of benzene rings is 1. The van der Waals surface area contributed by atoms with E-state index >= 15 is 0 Å². The quantitative estimate of drug-likeness (QED) is 0.477. The third kappa shape index (κ3) is 6.04. The van der Waals surface area contributed by atoms with E-state index in [0.717, 1.165) is 36.9 Å². The molecule has 1 aromatic heterocycles. The summed E-state index contributed by atoms with van der Waals surface area (Å²) in [5.41, 5.74) is -2.84. The molecule has 1 aliphatic heterocycles. The van der Waals surface area contributed by atoms with Gasteiger partial charge in [-0.05, 0) is 54.8 Å². The van der Waals surface area contributed by atoms with Crippen molar-refractivity contribution in [2.75, 3.05) is 43.9 Å². The molecule has 1 aromatic carbocycles. The Morgan fingerprint density at radius 3 is 2.21 bits per heavy atom. The van der Waals surface area contributed by atoms with Crippen LogP contribution in [0.25, 0.3) is 0 Å². The molecule has 212 valence electrons. The average molecular weight is 596 g/mol. The number of rotatable bonds is 9. The number of nitrogens with zero attached hydrogens (tertiary/aromatic N) is 3. The van der Waals surface area contributed by atoms with Gasteiger partial charge < -0.3 is 10.0 Å². The highest BCUT2D eigenvalue weighted by Crippen LogP contribution is 2.39. The largest absolute Gasteiger partial charge is 0.421 e.